The largest absolute Gasteiger partial charge is 0.465 e. The Morgan fingerprint density at radius 2 is 2.12 bits per heavy atom. The SMILES string of the molecule is CCOC(=O)c1c(N/C=C(/C#N)c2nc(-c3cccc(Br)c3)cs2)sc(C(=O)OC)c1C. The van der Waals surface area contributed by atoms with Gasteiger partial charge in [0.05, 0.1) is 25.0 Å². The normalized spacial score (nSPS) is 11.0. The van der Waals surface area contributed by atoms with E-state index in [1.807, 2.05) is 29.6 Å². The smallest absolute Gasteiger partial charge is 0.348 e. The van der Waals surface area contributed by atoms with Crippen molar-refractivity contribution in [2.75, 3.05) is 19.0 Å². The number of nitrogens with zero attached hydrogens (tertiary/aromatic N) is 2. The lowest BCUT2D eigenvalue weighted by Gasteiger charge is -2.05. The van der Waals surface area contributed by atoms with E-state index in [1.165, 1.54) is 24.6 Å². The Morgan fingerprint density at radius 1 is 1.34 bits per heavy atom. The molecule has 0 aliphatic carbocycles. The minimum Gasteiger partial charge on any atom is -0.465 e. The molecule has 3 aromatic rings. The van der Waals surface area contributed by atoms with E-state index >= 15 is 0 Å². The summed E-state index contributed by atoms with van der Waals surface area (Å²) in [5.74, 6) is -1.11. The molecule has 7 nitrogen and oxygen atoms in total. The zero-order valence-electron chi connectivity index (χ0n) is 17.4. The van der Waals surface area contributed by atoms with Crippen molar-refractivity contribution < 1.29 is 19.1 Å². The van der Waals surface area contributed by atoms with Gasteiger partial charge in [-0.1, -0.05) is 28.1 Å². The molecule has 0 aliphatic heterocycles. The molecule has 0 amide bonds. The topological polar surface area (TPSA) is 101 Å². The Bertz CT molecular complexity index is 1240. The molecule has 164 valence electrons. The van der Waals surface area contributed by atoms with Crippen molar-refractivity contribution >= 4 is 61.1 Å². The van der Waals surface area contributed by atoms with Crippen LogP contribution in [-0.4, -0.2) is 30.6 Å². The first kappa shape index (κ1) is 23.7. The molecule has 0 bridgehead atoms. The number of hydrogen-bond acceptors (Lipinski definition) is 9. The summed E-state index contributed by atoms with van der Waals surface area (Å²) in [7, 11) is 1.28. The molecular formula is C22H18BrN3O4S2. The zero-order valence-corrected chi connectivity index (χ0v) is 20.6. The average molecular weight is 532 g/mol. The number of thiophene rings is 1. The second-order valence-corrected chi connectivity index (χ2v) is 9.13. The number of halogens is 1. The Morgan fingerprint density at radius 3 is 2.78 bits per heavy atom. The number of ether oxygens (including phenoxy) is 2. The second kappa shape index (κ2) is 10.5. The van der Waals surface area contributed by atoms with Gasteiger partial charge >= 0.3 is 11.9 Å². The lowest BCUT2D eigenvalue weighted by Crippen LogP contribution is -2.08. The van der Waals surface area contributed by atoms with Gasteiger partial charge in [-0.3, -0.25) is 0 Å². The molecule has 0 radical (unpaired) electrons. The lowest BCUT2D eigenvalue weighted by atomic mass is 10.1. The Labute approximate surface area is 201 Å². The first-order chi connectivity index (χ1) is 15.4. The van der Waals surface area contributed by atoms with Crippen LogP contribution in [0.3, 0.4) is 0 Å². The van der Waals surface area contributed by atoms with E-state index in [0.29, 0.717) is 15.6 Å². The molecule has 3 rings (SSSR count). The summed E-state index contributed by atoms with van der Waals surface area (Å²) in [5, 5.41) is 15.4. The molecule has 0 aliphatic rings. The van der Waals surface area contributed by atoms with Crippen LogP contribution in [0.5, 0.6) is 0 Å². The van der Waals surface area contributed by atoms with E-state index in [0.717, 1.165) is 27.1 Å². The first-order valence-corrected chi connectivity index (χ1v) is 11.9. The second-order valence-electron chi connectivity index (χ2n) is 6.33. The molecule has 0 atom stereocenters. The van der Waals surface area contributed by atoms with Crippen LogP contribution in [0.4, 0.5) is 5.00 Å². The van der Waals surface area contributed by atoms with Crippen molar-refractivity contribution in [2.45, 2.75) is 13.8 Å². The van der Waals surface area contributed by atoms with Gasteiger partial charge in [0.1, 0.15) is 26.5 Å². The van der Waals surface area contributed by atoms with Gasteiger partial charge in [0.2, 0.25) is 0 Å². The number of nitriles is 1. The monoisotopic (exact) mass is 531 g/mol. The summed E-state index contributed by atoms with van der Waals surface area (Å²) < 4.78 is 10.9. The number of allylic oxidation sites excluding steroid dienone is 1. The summed E-state index contributed by atoms with van der Waals surface area (Å²) in [5.41, 5.74) is 2.66. The fourth-order valence-corrected chi connectivity index (χ4v) is 5.09. The van der Waals surface area contributed by atoms with Crippen molar-refractivity contribution in [3.05, 3.63) is 61.3 Å². The third kappa shape index (κ3) is 5.07. The van der Waals surface area contributed by atoms with Gasteiger partial charge in [0.25, 0.3) is 0 Å². The maximum Gasteiger partial charge on any atom is 0.348 e. The molecule has 0 unspecified atom stereocenters. The van der Waals surface area contributed by atoms with Crippen molar-refractivity contribution in [3.8, 4) is 17.3 Å². The van der Waals surface area contributed by atoms with Gasteiger partial charge in [0, 0.05) is 21.6 Å². The molecule has 1 N–H and O–H groups in total. The maximum atomic E-state index is 12.5. The number of anilines is 1. The van der Waals surface area contributed by atoms with E-state index in [2.05, 4.69) is 32.3 Å². The van der Waals surface area contributed by atoms with Crippen LogP contribution in [0.25, 0.3) is 16.8 Å². The highest BCUT2D eigenvalue weighted by molar-refractivity contribution is 9.10. The minimum absolute atomic E-state index is 0.192. The highest BCUT2D eigenvalue weighted by Gasteiger charge is 2.26. The first-order valence-electron chi connectivity index (χ1n) is 9.37. The number of benzene rings is 1. The maximum absolute atomic E-state index is 12.5. The van der Waals surface area contributed by atoms with Crippen molar-refractivity contribution in [3.63, 3.8) is 0 Å². The Hall–Kier alpha value is -3.00. The number of methoxy groups -OCH3 is 1. The zero-order chi connectivity index (χ0) is 23.3. The number of carbonyl (C=O) groups excluding carboxylic acids is 2. The van der Waals surface area contributed by atoms with Crippen LogP contribution < -0.4 is 5.32 Å². The van der Waals surface area contributed by atoms with Crippen LogP contribution in [0.1, 0.15) is 37.5 Å². The number of carbonyl (C=O) groups is 2. The van der Waals surface area contributed by atoms with Crippen LogP contribution in [0.15, 0.2) is 40.3 Å². The van der Waals surface area contributed by atoms with Crippen molar-refractivity contribution in [2.24, 2.45) is 0 Å². The molecule has 0 fully saturated rings. The molecule has 0 saturated heterocycles. The van der Waals surface area contributed by atoms with Gasteiger partial charge in [-0.05, 0) is 31.5 Å². The molecule has 32 heavy (non-hydrogen) atoms. The number of esters is 2. The number of aromatic nitrogens is 1. The minimum atomic E-state index is -0.558. The van der Waals surface area contributed by atoms with Crippen LogP contribution in [-0.2, 0) is 9.47 Å². The van der Waals surface area contributed by atoms with Crippen molar-refractivity contribution in [1.82, 2.24) is 4.98 Å². The molecule has 10 heteroatoms. The summed E-state index contributed by atoms with van der Waals surface area (Å²) in [6.07, 6.45) is 1.47. The fraction of sp³-hybridized carbons (Fsp3) is 0.182. The quantitative estimate of drug-likeness (QED) is 0.299. The number of hydrogen-bond donors (Lipinski definition) is 1. The van der Waals surface area contributed by atoms with E-state index in [1.54, 1.807) is 13.8 Å². The number of rotatable bonds is 7. The third-order valence-corrected chi connectivity index (χ3v) is 6.89. The number of thiazole rings is 1. The van der Waals surface area contributed by atoms with E-state index in [9.17, 15) is 14.9 Å². The molecule has 2 heterocycles. The predicted octanol–water partition coefficient (Wildman–Crippen LogP) is 5.88. The summed E-state index contributed by atoms with van der Waals surface area (Å²) >= 11 is 5.84. The fourth-order valence-electron chi connectivity index (χ4n) is 2.81. The Balaban J connectivity index is 1.94. The third-order valence-electron chi connectivity index (χ3n) is 4.32. The van der Waals surface area contributed by atoms with E-state index in [4.69, 9.17) is 9.47 Å². The van der Waals surface area contributed by atoms with Gasteiger partial charge in [-0.25, -0.2) is 14.6 Å². The van der Waals surface area contributed by atoms with Gasteiger partial charge in [0.15, 0.2) is 0 Å². The summed E-state index contributed by atoms with van der Waals surface area (Å²) in [4.78, 5) is 29.4. The lowest BCUT2D eigenvalue weighted by molar-refractivity contribution is 0.0527. The highest BCUT2D eigenvalue weighted by Crippen LogP contribution is 2.35. The predicted molar refractivity (Wildman–Crippen MR) is 129 cm³/mol. The van der Waals surface area contributed by atoms with Gasteiger partial charge in [-0.15, -0.1) is 22.7 Å². The highest BCUT2D eigenvalue weighted by atomic mass is 79.9. The van der Waals surface area contributed by atoms with E-state index in [-0.39, 0.29) is 22.6 Å². The Kier molecular flexibility index (Phi) is 7.80. The van der Waals surface area contributed by atoms with Crippen LogP contribution in [0.2, 0.25) is 0 Å². The van der Waals surface area contributed by atoms with Gasteiger partial charge < -0.3 is 14.8 Å². The standard InChI is InChI=1S/C22H18BrN3O4S2/c1-4-30-21(27)17-12(2)18(22(28)29-3)32-20(17)25-10-14(9-24)19-26-16(11-31-19)13-6-5-7-15(23)8-13/h5-8,10-11,25H,4H2,1-3H3/b14-10-. The molecule has 1 aromatic carbocycles. The molecule has 0 saturated carbocycles. The molecular weight excluding hydrogens is 514 g/mol. The molecule has 2 aromatic heterocycles. The summed E-state index contributed by atoms with van der Waals surface area (Å²) in [6, 6.07) is 9.85. The van der Waals surface area contributed by atoms with Crippen molar-refractivity contribution in [1.29, 1.82) is 5.26 Å². The number of nitrogens with one attached hydrogen (secondary N) is 1. The van der Waals surface area contributed by atoms with Gasteiger partial charge in [-0.2, -0.15) is 5.26 Å². The van der Waals surface area contributed by atoms with Crippen LogP contribution >= 0.6 is 38.6 Å². The average Bonchev–Trinajstić information content (AvgIpc) is 3.39. The van der Waals surface area contributed by atoms with Crippen LogP contribution in [0, 0.1) is 18.3 Å². The summed E-state index contributed by atoms with van der Waals surface area (Å²) in [6.45, 7) is 3.55. The van der Waals surface area contributed by atoms with E-state index < -0.39 is 11.9 Å². The molecule has 0 spiro atoms.